The van der Waals surface area contributed by atoms with E-state index in [0.717, 1.165) is 0 Å². The van der Waals surface area contributed by atoms with Gasteiger partial charge in [0, 0.05) is 5.69 Å². The maximum Gasteiger partial charge on any atom is 0.279 e. The zero-order valence-corrected chi connectivity index (χ0v) is 8.40. The molecule has 0 fully saturated rings. The molecule has 6 heteroatoms. The van der Waals surface area contributed by atoms with Gasteiger partial charge in [-0.2, -0.15) is 0 Å². The molecule has 0 aliphatic heterocycles. The summed E-state index contributed by atoms with van der Waals surface area (Å²) in [5.41, 5.74) is 0.825. The number of aromatic nitrogens is 2. The van der Waals surface area contributed by atoms with Crippen molar-refractivity contribution in [2.24, 2.45) is 0 Å². The Morgan fingerprint density at radius 3 is 2.88 bits per heavy atom. The van der Waals surface area contributed by atoms with Gasteiger partial charge in [0.05, 0.1) is 0 Å². The van der Waals surface area contributed by atoms with Gasteiger partial charge in [-0.15, -0.1) is 0 Å². The van der Waals surface area contributed by atoms with E-state index in [1.54, 1.807) is 13.0 Å². The zero-order valence-electron chi connectivity index (χ0n) is 8.40. The zero-order chi connectivity index (χ0) is 11.5. The van der Waals surface area contributed by atoms with Crippen molar-refractivity contribution in [2.45, 2.75) is 6.92 Å². The normalized spacial score (nSPS) is 10.1. The number of nitrogens with one attached hydrogen (secondary N) is 1. The highest BCUT2D eigenvalue weighted by atomic mass is 19.1. The van der Waals surface area contributed by atoms with Gasteiger partial charge < -0.3 is 5.32 Å². The molecule has 1 aromatic carbocycles. The van der Waals surface area contributed by atoms with Gasteiger partial charge in [0.15, 0.2) is 5.69 Å². The van der Waals surface area contributed by atoms with Gasteiger partial charge in [-0.25, -0.2) is 9.02 Å². The smallest absolute Gasteiger partial charge is 0.279 e. The van der Waals surface area contributed by atoms with Crippen LogP contribution in [0.3, 0.4) is 0 Å². The highest BCUT2D eigenvalue weighted by Crippen LogP contribution is 2.11. The molecule has 1 N–H and O–H groups in total. The quantitative estimate of drug-likeness (QED) is 0.839. The number of carbonyl (C=O) groups is 1. The highest BCUT2D eigenvalue weighted by Gasteiger charge is 2.14. The predicted octanol–water partition coefficient (Wildman–Crippen LogP) is 1.77. The van der Waals surface area contributed by atoms with Gasteiger partial charge in [0.2, 0.25) is 0 Å². The number of benzene rings is 1. The summed E-state index contributed by atoms with van der Waals surface area (Å²) in [5, 5.41) is 9.40. The Labute approximate surface area is 90.2 Å². The summed E-state index contributed by atoms with van der Waals surface area (Å²) >= 11 is 0. The average molecular weight is 221 g/mol. The molecule has 2 rings (SSSR count). The topological polar surface area (TPSA) is 68.0 Å². The number of amides is 1. The average Bonchev–Trinajstić information content (AvgIpc) is 2.64. The second-order valence-electron chi connectivity index (χ2n) is 3.16. The molecule has 0 saturated carbocycles. The van der Waals surface area contributed by atoms with Crippen LogP contribution >= 0.6 is 0 Å². The van der Waals surface area contributed by atoms with E-state index in [1.165, 1.54) is 18.2 Å². The number of halogens is 1. The van der Waals surface area contributed by atoms with E-state index in [-0.39, 0.29) is 5.69 Å². The van der Waals surface area contributed by atoms with E-state index in [2.05, 4.69) is 20.3 Å². The first-order valence-electron chi connectivity index (χ1n) is 4.53. The lowest BCUT2D eigenvalue weighted by molar-refractivity contribution is 0.101. The van der Waals surface area contributed by atoms with Gasteiger partial charge in [0.1, 0.15) is 11.5 Å². The van der Waals surface area contributed by atoms with E-state index in [4.69, 9.17) is 0 Å². The summed E-state index contributed by atoms with van der Waals surface area (Å²) < 4.78 is 17.2. The Morgan fingerprint density at radius 1 is 1.44 bits per heavy atom. The molecule has 0 unspecified atom stereocenters. The highest BCUT2D eigenvalue weighted by molar-refractivity contribution is 6.03. The van der Waals surface area contributed by atoms with Gasteiger partial charge >= 0.3 is 0 Å². The summed E-state index contributed by atoms with van der Waals surface area (Å²) in [6.07, 6.45) is 0. The summed E-state index contributed by atoms with van der Waals surface area (Å²) in [4.78, 5) is 11.6. The van der Waals surface area contributed by atoms with Crippen LogP contribution in [0.25, 0.3) is 0 Å². The van der Waals surface area contributed by atoms with Gasteiger partial charge in [0.25, 0.3) is 5.91 Å². The van der Waals surface area contributed by atoms with Crippen LogP contribution in [0, 0.1) is 12.7 Å². The lowest BCUT2D eigenvalue weighted by Crippen LogP contribution is -2.13. The Kier molecular flexibility index (Phi) is 2.63. The largest absolute Gasteiger partial charge is 0.320 e. The summed E-state index contributed by atoms with van der Waals surface area (Å²) in [7, 11) is 0. The first kappa shape index (κ1) is 10.3. The van der Waals surface area contributed by atoms with E-state index >= 15 is 0 Å². The Morgan fingerprint density at radius 2 is 2.25 bits per heavy atom. The maximum atomic E-state index is 12.8. The molecule has 1 heterocycles. The number of anilines is 1. The fraction of sp³-hybridized carbons (Fsp3) is 0.100. The van der Waals surface area contributed by atoms with Crippen molar-refractivity contribution in [3.05, 3.63) is 41.5 Å². The van der Waals surface area contributed by atoms with Crippen molar-refractivity contribution in [3.8, 4) is 0 Å². The molecule has 5 nitrogen and oxygen atoms in total. The third-order valence-corrected chi connectivity index (χ3v) is 1.95. The minimum Gasteiger partial charge on any atom is -0.320 e. The monoisotopic (exact) mass is 221 g/mol. The number of nitrogens with zero attached hydrogens (tertiary/aromatic N) is 2. The molecule has 16 heavy (non-hydrogen) atoms. The Bertz CT molecular complexity index is 524. The van der Waals surface area contributed by atoms with Crippen molar-refractivity contribution in [3.63, 3.8) is 0 Å². The molecule has 82 valence electrons. The van der Waals surface area contributed by atoms with Gasteiger partial charge in [-0.3, -0.25) is 4.79 Å². The van der Waals surface area contributed by atoms with Crippen molar-refractivity contribution in [1.29, 1.82) is 0 Å². The molecule has 0 spiro atoms. The lowest BCUT2D eigenvalue weighted by atomic mass is 10.3. The molecule has 0 radical (unpaired) electrons. The van der Waals surface area contributed by atoms with Crippen molar-refractivity contribution in [2.75, 3.05) is 5.32 Å². The fourth-order valence-electron chi connectivity index (χ4n) is 1.19. The molecule has 0 saturated heterocycles. The third-order valence-electron chi connectivity index (χ3n) is 1.95. The van der Waals surface area contributed by atoms with Crippen LogP contribution in [0.15, 0.2) is 28.9 Å². The van der Waals surface area contributed by atoms with Crippen LogP contribution in [0.5, 0.6) is 0 Å². The van der Waals surface area contributed by atoms with Crippen LogP contribution in [0.4, 0.5) is 10.1 Å². The number of carbonyl (C=O) groups excluding carboxylic acids is 1. The second kappa shape index (κ2) is 4.09. The number of rotatable bonds is 2. The SMILES string of the molecule is Cc1nonc1C(=O)Nc1cccc(F)c1. The van der Waals surface area contributed by atoms with E-state index in [9.17, 15) is 9.18 Å². The summed E-state index contributed by atoms with van der Waals surface area (Å²) in [5.74, 6) is -0.905. The molecule has 2 aromatic rings. The van der Waals surface area contributed by atoms with E-state index in [0.29, 0.717) is 11.4 Å². The molecular formula is C10H8FN3O2. The van der Waals surface area contributed by atoms with Crippen LogP contribution in [0.1, 0.15) is 16.2 Å². The first-order valence-corrected chi connectivity index (χ1v) is 4.53. The second-order valence-corrected chi connectivity index (χ2v) is 3.16. The fourth-order valence-corrected chi connectivity index (χ4v) is 1.19. The van der Waals surface area contributed by atoms with Crippen LogP contribution in [-0.2, 0) is 0 Å². The molecule has 0 atom stereocenters. The number of aryl methyl sites for hydroxylation is 1. The molecule has 0 bridgehead atoms. The summed E-state index contributed by atoms with van der Waals surface area (Å²) in [6.45, 7) is 1.59. The molecule has 1 amide bonds. The standard InChI is InChI=1S/C10H8FN3O2/c1-6-9(14-16-13-6)10(15)12-8-4-2-3-7(11)5-8/h2-5H,1H3,(H,12,15). The molecular weight excluding hydrogens is 213 g/mol. The lowest BCUT2D eigenvalue weighted by Gasteiger charge is -2.02. The number of hydrogen-bond acceptors (Lipinski definition) is 4. The third kappa shape index (κ3) is 2.05. The minimum absolute atomic E-state index is 0.0873. The van der Waals surface area contributed by atoms with E-state index in [1.807, 2.05) is 0 Å². The van der Waals surface area contributed by atoms with Crippen LogP contribution < -0.4 is 5.32 Å². The van der Waals surface area contributed by atoms with Crippen molar-refractivity contribution < 1.29 is 13.8 Å². The summed E-state index contributed by atoms with van der Waals surface area (Å²) in [6, 6.07) is 5.57. The molecule has 1 aromatic heterocycles. The maximum absolute atomic E-state index is 12.8. The molecule has 0 aliphatic carbocycles. The Balaban J connectivity index is 2.17. The molecule has 0 aliphatic rings. The Hall–Kier alpha value is -2.24. The van der Waals surface area contributed by atoms with Crippen LogP contribution in [0.2, 0.25) is 0 Å². The van der Waals surface area contributed by atoms with Gasteiger partial charge in [-0.05, 0) is 30.3 Å². The minimum atomic E-state index is -0.482. The predicted molar refractivity (Wildman–Crippen MR) is 53.4 cm³/mol. The van der Waals surface area contributed by atoms with Crippen LogP contribution in [-0.4, -0.2) is 16.2 Å². The van der Waals surface area contributed by atoms with Gasteiger partial charge in [-0.1, -0.05) is 11.2 Å². The van der Waals surface area contributed by atoms with E-state index < -0.39 is 11.7 Å². The van der Waals surface area contributed by atoms with Crippen molar-refractivity contribution >= 4 is 11.6 Å². The number of hydrogen-bond donors (Lipinski definition) is 1. The first-order chi connectivity index (χ1) is 7.66. The van der Waals surface area contributed by atoms with Crippen molar-refractivity contribution in [1.82, 2.24) is 10.3 Å².